The molecule has 702 valence electrons. The fourth-order valence-corrected chi connectivity index (χ4v) is 17.2. The summed E-state index contributed by atoms with van der Waals surface area (Å²) in [6.45, 7) is 14.5. The number of hydrogen-bond donors (Lipinski definition) is 9. The van der Waals surface area contributed by atoms with E-state index < -0.39 is 114 Å². The Bertz CT molecular complexity index is 5150. The zero-order valence-corrected chi connectivity index (χ0v) is 75.1. The van der Waals surface area contributed by atoms with Gasteiger partial charge in [0.1, 0.15) is 65.8 Å². The number of unbranched alkanes of at least 4 members (excludes halogenated alkanes) is 1. The minimum atomic E-state index is -2.52. The van der Waals surface area contributed by atoms with Crippen molar-refractivity contribution in [2.24, 2.45) is 35.3 Å². The molecule has 3 saturated heterocycles. The topological polar surface area (TPSA) is 538 Å². The van der Waals surface area contributed by atoms with Gasteiger partial charge in [-0.3, -0.25) is 28.8 Å². The molecule has 40 nitrogen and oxygen atoms in total. The fraction of sp³-hybridized carbons (Fsp3) is 0.578. The summed E-state index contributed by atoms with van der Waals surface area (Å²) in [6.07, 6.45) is 18.7. The van der Waals surface area contributed by atoms with Gasteiger partial charge in [-0.05, 0) is 132 Å². The third-order valence-corrected chi connectivity index (χ3v) is 24.8. The molecule has 10 heterocycles. The predicted octanol–water partition coefficient (Wildman–Crippen LogP) is 5.88. The summed E-state index contributed by atoms with van der Waals surface area (Å²) >= 11 is 0. The maximum absolute atomic E-state index is 14.7. The van der Waals surface area contributed by atoms with Crippen LogP contribution >= 0.6 is 0 Å². The van der Waals surface area contributed by atoms with Gasteiger partial charge in [0.15, 0.2) is 17.0 Å². The second-order valence-electron chi connectivity index (χ2n) is 34.4. The number of oxazole rings is 1. The standard InChI is InChI=1S/C90H123N21O19/c1-53-16-10-9-11-17-54(2)71(123-7)43-64-22-19-58(6)90(122,130-64)80(117)84(119)109-28-14-12-18-68(109)85(120)128-72(44-69(112)55(3)39-57(5)78(115)79(116)77(114)56(4)38-53)65(91)40-59-20-23-67(73(41-59)124-8)111-50-63(104-106-111)51-127-89(121)95-27-35-126-37-36-125-34-25-74(113)96-45-60-46-97-87(98-47-60)107-30-32-108(33-31-107)88-99-48-62(49-100-88)83(118)94-26-13-15-29-110-82-75(81(92)101-52-102-82)76(105-110)61-21-24-70-66(42-61)103-86(93)129-70/h9-11,16-17,21,24,39,42,46-50,52-53,55-56,58-59,64-65,67-68,71-73,78-79,115-116,122H,12-15,18-20,22-23,25-38,40-41,43-45,51,91H2,1-8H3,(H2,93,103)(H,94,118)(H,95,121)(H,96,113)(H2,92,101,102)/b11-9+,16-10+,54-17+,57-39+/t53-,55-,56-,58-,59+,64+,65-,67+,68+,71+,72+,73-,78-,79+,90-/m1/s1. The Kier molecular flexibility index (Phi) is 34.8. The zero-order chi connectivity index (χ0) is 92.7. The van der Waals surface area contributed by atoms with Crippen LogP contribution in [0.1, 0.15) is 166 Å². The van der Waals surface area contributed by atoms with E-state index in [2.05, 4.69) is 66.1 Å². The summed E-state index contributed by atoms with van der Waals surface area (Å²) in [5, 5.41) is 57.2. The molecule has 7 aromatic rings. The molecule has 0 radical (unpaired) electrons. The van der Waals surface area contributed by atoms with Crippen LogP contribution in [0.2, 0.25) is 0 Å². The number of allylic oxidation sites excluding steroid dienone is 6. The maximum Gasteiger partial charge on any atom is 0.407 e. The third-order valence-electron chi connectivity index (χ3n) is 24.8. The Morgan fingerprint density at radius 3 is 2.24 bits per heavy atom. The summed E-state index contributed by atoms with van der Waals surface area (Å²) in [5.74, 6) is -8.44. The fourth-order valence-electron chi connectivity index (χ4n) is 17.2. The van der Waals surface area contributed by atoms with E-state index in [1.165, 1.54) is 31.7 Å². The van der Waals surface area contributed by atoms with Gasteiger partial charge < -0.3 is 101 Å². The number of anilines is 4. The third kappa shape index (κ3) is 25.6. The largest absolute Gasteiger partial charge is 0.459 e. The van der Waals surface area contributed by atoms with E-state index in [1.54, 1.807) is 69.0 Å². The molecule has 4 fully saturated rings. The van der Waals surface area contributed by atoms with Crippen LogP contribution in [-0.2, 0) is 81.6 Å². The molecule has 130 heavy (non-hydrogen) atoms. The van der Waals surface area contributed by atoms with E-state index in [0.29, 0.717) is 160 Å². The average molecular weight is 1800 g/mol. The van der Waals surface area contributed by atoms with Crippen LogP contribution in [0.25, 0.3) is 33.4 Å². The quantitative estimate of drug-likeness (QED) is 0.0119. The van der Waals surface area contributed by atoms with Crippen molar-refractivity contribution in [2.45, 2.75) is 218 Å². The van der Waals surface area contributed by atoms with Crippen LogP contribution < -0.4 is 43.0 Å². The lowest BCUT2D eigenvalue weighted by Gasteiger charge is -2.42. The van der Waals surface area contributed by atoms with Crippen molar-refractivity contribution in [1.29, 1.82) is 0 Å². The van der Waals surface area contributed by atoms with Crippen LogP contribution in [0.15, 0.2) is 108 Å². The van der Waals surface area contributed by atoms with Gasteiger partial charge in [0.2, 0.25) is 23.6 Å². The van der Waals surface area contributed by atoms with Gasteiger partial charge in [-0.15, -0.1) is 5.10 Å². The molecule has 15 atom stereocenters. The van der Waals surface area contributed by atoms with Gasteiger partial charge in [0.25, 0.3) is 23.6 Å². The predicted molar refractivity (Wildman–Crippen MR) is 476 cm³/mol. The Balaban J connectivity index is 0.530. The average Bonchev–Trinajstić information content (AvgIpc) is 1.57. The van der Waals surface area contributed by atoms with Crippen molar-refractivity contribution in [2.75, 3.05) is 108 Å². The second-order valence-corrected chi connectivity index (χ2v) is 34.4. The van der Waals surface area contributed by atoms with Crippen LogP contribution in [0.4, 0.5) is 28.5 Å². The molecule has 5 aliphatic rings. The number of cyclic esters (lactones) is 1. The highest BCUT2D eigenvalue weighted by atomic mass is 16.6. The number of amides is 4. The van der Waals surface area contributed by atoms with Gasteiger partial charge >= 0.3 is 12.1 Å². The second kappa shape index (κ2) is 46.3. The smallest absolute Gasteiger partial charge is 0.407 e. The number of esters is 1. The lowest BCUT2D eigenvalue weighted by Crippen LogP contribution is -2.61. The number of fused-ring (bicyclic) bond motifs is 5. The summed E-state index contributed by atoms with van der Waals surface area (Å²) in [5.41, 5.74) is 24.7. The molecule has 40 heteroatoms. The molecule has 4 amide bonds. The number of benzene rings is 1. The number of aryl methyl sites for hydroxylation is 1. The number of ketones is 3. The van der Waals surface area contributed by atoms with E-state index in [9.17, 15) is 53.7 Å². The molecule has 0 unspecified atom stereocenters. The molecule has 1 aromatic carbocycles. The number of aliphatic hydroxyl groups excluding tert-OH is 2. The van der Waals surface area contributed by atoms with E-state index >= 15 is 0 Å². The van der Waals surface area contributed by atoms with Gasteiger partial charge in [-0.2, -0.15) is 10.1 Å². The number of aromatic nitrogens is 12. The van der Waals surface area contributed by atoms with Crippen LogP contribution in [0.3, 0.4) is 0 Å². The van der Waals surface area contributed by atoms with Gasteiger partial charge in [-0.25, -0.2) is 48.9 Å². The highest BCUT2D eigenvalue weighted by molar-refractivity contribution is 6.39. The first-order chi connectivity index (χ1) is 62.6. The molecule has 1 aliphatic carbocycles. The number of alkyl carbamates (subject to hydrolysis) is 1. The lowest BCUT2D eigenvalue weighted by atomic mass is 9.79. The van der Waals surface area contributed by atoms with Crippen LogP contribution in [0.5, 0.6) is 0 Å². The molecule has 12 rings (SSSR count). The van der Waals surface area contributed by atoms with Crippen molar-refractivity contribution < 1.29 is 91.3 Å². The summed E-state index contributed by atoms with van der Waals surface area (Å²) < 4.78 is 49.9. The molecule has 2 bridgehead atoms. The summed E-state index contributed by atoms with van der Waals surface area (Å²) in [7, 11) is 3.12. The van der Waals surface area contributed by atoms with Crippen molar-refractivity contribution in [1.82, 2.24) is 80.5 Å². The number of methoxy groups -OCH3 is 2. The number of ether oxygens (including phenoxy) is 7. The molecule has 6 aromatic heterocycles. The lowest BCUT2D eigenvalue weighted by molar-refractivity contribution is -0.265. The van der Waals surface area contributed by atoms with E-state index in [-0.39, 0.29) is 120 Å². The first-order valence-corrected chi connectivity index (χ1v) is 44.7. The number of piperazine rings is 1. The number of hydrogen-bond acceptors (Lipinski definition) is 34. The van der Waals surface area contributed by atoms with E-state index in [4.69, 9.17) is 59.9 Å². The van der Waals surface area contributed by atoms with Gasteiger partial charge in [0.05, 0.1) is 67.9 Å². The van der Waals surface area contributed by atoms with Crippen molar-refractivity contribution in [3.05, 3.63) is 120 Å². The normalized spacial score (nSPS) is 26.7. The maximum atomic E-state index is 14.7. The number of Topliss-reactive ketones (excluding diaryl/α,β-unsaturated/α-hetero) is 3. The number of nitrogens with one attached hydrogen (secondary N) is 3. The first-order valence-electron chi connectivity index (χ1n) is 44.7. The number of nitrogens with two attached hydrogens (primary N) is 3. The minimum Gasteiger partial charge on any atom is -0.459 e. The van der Waals surface area contributed by atoms with Crippen LogP contribution in [-0.4, -0.2) is 268 Å². The Labute approximate surface area is 753 Å². The Morgan fingerprint density at radius 2 is 1.50 bits per heavy atom. The SMILES string of the molecule is CO[C@H]1C[C@@H]2CC[C@@H](C)[C@@](O)(O2)C(=O)C(=O)N2CCCC[C@H]2C(=O)O[C@H]([C@H](N)C[C@@H]2CC[C@H](n3cc(COC(=O)NCCOCCOCCC(=O)NCc4cnc(N5CCN(c6ncc(C(=O)NCCCCn7nc(-c8ccc9oc(N)nc9c8)c8c(N)ncnc87)cn6)CC5)nc4)nn3)[C@H](OC)C2)CC(=O)[C@H](C)/C=C(\C)[C@@H](O)[C@@H](O)C(=O)[C@H](C)C[C@H](C)/C=C/C=C/C=C/1C. The van der Waals surface area contributed by atoms with Crippen LogP contribution in [0, 0.1) is 29.6 Å². The molecular formula is C90H123N21O19. The number of nitrogens with zero attached hydrogens (tertiary/aromatic N) is 15. The van der Waals surface area contributed by atoms with E-state index in [0.717, 1.165) is 21.6 Å². The number of carbonyl (C=O) groups is 8. The number of rotatable bonds is 28. The molecule has 0 spiro atoms. The summed E-state index contributed by atoms with van der Waals surface area (Å²) in [6, 6.07) is 2.99. The van der Waals surface area contributed by atoms with E-state index in [1.807, 2.05) is 61.3 Å². The number of piperidine rings is 1. The molecular weight excluding hydrogens is 1680 g/mol. The Morgan fingerprint density at radius 1 is 0.762 bits per heavy atom. The monoisotopic (exact) mass is 1800 g/mol. The van der Waals surface area contributed by atoms with Crippen molar-refractivity contribution in [3.8, 4) is 11.3 Å². The van der Waals surface area contributed by atoms with Crippen molar-refractivity contribution in [3.63, 3.8) is 0 Å². The number of carbonyl (C=O) groups excluding carboxylic acids is 8. The Hall–Kier alpha value is -11.5. The summed E-state index contributed by atoms with van der Waals surface area (Å²) in [4.78, 5) is 147. The molecule has 12 N–H and O–H groups in total. The zero-order valence-electron chi connectivity index (χ0n) is 75.1. The van der Waals surface area contributed by atoms with Gasteiger partial charge in [0, 0.05) is 152 Å². The first kappa shape index (κ1) is 97.6. The number of nitrogen functional groups attached to an aromatic ring is 2. The highest BCUT2D eigenvalue weighted by Gasteiger charge is 2.53. The molecule has 1 saturated carbocycles. The van der Waals surface area contributed by atoms with Crippen molar-refractivity contribution >= 4 is 93.0 Å². The number of aliphatic hydroxyl groups is 3. The molecule has 4 aliphatic heterocycles. The minimum absolute atomic E-state index is 0.00525. The highest BCUT2D eigenvalue weighted by Crippen LogP contribution is 2.40. The van der Waals surface area contributed by atoms with Gasteiger partial charge in [-0.1, -0.05) is 69.4 Å².